The third kappa shape index (κ3) is 2.91. The first-order chi connectivity index (χ1) is 10.6. The molecule has 1 N–H and O–H groups in total. The minimum Gasteiger partial charge on any atom is -0.479 e. The van der Waals surface area contributed by atoms with Gasteiger partial charge in [0.05, 0.1) is 0 Å². The molecule has 6 heteroatoms. The Morgan fingerprint density at radius 1 is 1.18 bits per heavy atom. The highest BCUT2D eigenvalue weighted by molar-refractivity contribution is 7.47. The summed E-state index contributed by atoms with van der Waals surface area (Å²) in [6.07, 6.45) is 3.96. The van der Waals surface area contributed by atoms with Crippen molar-refractivity contribution in [1.29, 1.82) is 0 Å². The van der Waals surface area contributed by atoms with Gasteiger partial charge in [0.15, 0.2) is 14.6 Å². The number of benzene rings is 1. The van der Waals surface area contributed by atoms with Gasteiger partial charge in [0.1, 0.15) is 0 Å². The Kier molecular flexibility index (Phi) is 4.79. The Labute approximate surface area is 132 Å². The van der Waals surface area contributed by atoms with Crippen LogP contribution in [0.4, 0.5) is 0 Å². The molecule has 120 valence electrons. The second-order valence-corrected chi connectivity index (χ2v) is 8.03. The van der Waals surface area contributed by atoms with Gasteiger partial charge in [-0.25, -0.2) is 14.1 Å². The van der Waals surface area contributed by atoms with Crippen LogP contribution in [-0.4, -0.2) is 46.6 Å². The molecule has 5 nitrogen and oxygen atoms in total. The third-order valence-electron chi connectivity index (χ3n) is 4.72. The first kappa shape index (κ1) is 15.9. The van der Waals surface area contributed by atoms with Gasteiger partial charge >= 0.3 is 5.97 Å². The van der Waals surface area contributed by atoms with Crippen molar-refractivity contribution in [2.75, 3.05) is 14.1 Å². The third-order valence-corrected chi connectivity index (χ3v) is 6.79. The number of carboxylic acids is 1. The average Bonchev–Trinajstić information content (AvgIpc) is 2.78. The van der Waals surface area contributed by atoms with Crippen LogP contribution in [0.25, 0.3) is 0 Å². The zero-order chi connectivity index (χ0) is 15.7. The van der Waals surface area contributed by atoms with E-state index in [9.17, 15) is 9.90 Å². The van der Waals surface area contributed by atoms with Crippen molar-refractivity contribution in [3.63, 3.8) is 0 Å². The number of likely N-dealkylation sites (N-methyl/N-ethyl adjacent to an activating group) is 2. The molecule has 0 unspecified atom stereocenters. The SMILES string of the molecule is CN1[C@@H]2CCCC[C@H]2N(C)P1O[C@H](C(=O)O)c1ccccc1. The van der Waals surface area contributed by atoms with E-state index in [1.54, 1.807) is 0 Å². The Hall–Kier alpha value is -1.00. The number of carboxylic acid groups (broad SMARTS) is 1. The van der Waals surface area contributed by atoms with Crippen LogP contribution < -0.4 is 0 Å². The fourth-order valence-electron chi connectivity index (χ4n) is 3.56. The molecule has 2 fully saturated rings. The van der Waals surface area contributed by atoms with Gasteiger partial charge in [-0.2, -0.15) is 0 Å². The highest BCUT2D eigenvalue weighted by Gasteiger charge is 2.47. The van der Waals surface area contributed by atoms with E-state index in [0.717, 1.165) is 0 Å². The minimum absolute atomic E-state index is 0.495. The molecule has 22 heavy (non-hydrogen) atoms. The van der Waals surface area contributed by atoms with E-state index in [1.807, 2.05) is 30.3 Å². The van der Waals surface area contributed by atoms with E-state index in [-0.39, 0.29) is 0 Å². The molecule has 1 saturated heterocycles. The lowest BCUT2D eigenvalue weighted by Crippen LogP contribution is -2.37. The fraction of sp³-hybridized carbons (Fsp3) is 0.562. The van der Waals surface area contributed by atoms with Gasteiger partial charge in [0.2, 0.25) is 0 Å². The number of rotatable bonds is 4. The topological polar surface area (TPSA) is 53.0 Å². The predicted octanol–water partition coefficient (Wildman–Crippen LogP) is 3.24. The van der Waals surface area contributed by atoms with Crippen molar-refractivity contribution in [2.24, 2.45) is 0 Å². The van der Waals surface area contributed by atoms with Crippen molar-refractivity contribution >= 4 is 14.4 Å². The van der Waals surface area contributed by atoms with Gasteiger partial charge in [0.25, 0.3) is 0 Å². The molecule has 3 rings (SSSR count). The molecule has 1 aliphatic carbocycles. The Balaban J connectivity index is 1.79. The Bertz CT molecular complexity index is 509. The molecule has 1 heterocycles. The van der Waals surface area contributed by atoms with Crippen LogP contribution in [0, 0.1) is 0 Å². The minimum atomic E-state index is -1.03. The molecule has 1 aromatic rings. The largest absolute Gasteiger partial charge is 0.479 e. The number of aliphatic carboxylic acids is 1. The van der Waals surface area contributed by atoms with Crippen LogP contribution in [0.15, 0.2) is 30.3 Å². The number of hydrogen-bond donors (Lipinski definition) is 1. The standard InChI is InChI=1S/C16H23N2O3P/c1-17-13-10-6-7-11-14(13)18(2)22(17)21-15(16(19)20)12-8-4-3-5-9-12/h3-5,8-9,13-15H,6-7,10-11H2,1-2H3,(H,19,20)/t13-,14-,15+/m1/s1. The van der Waals surface area contributed by atoms with Gasteiger partial charge in [-0.1, -0.05) is 43.2 Å². The highest BCUT2D eigenvalue weighted by atomic mass is 31.2. The van der Waals surface area contributed by atoms with E-state index in [0.29, 0.717) is 17.6 Å². The summed E-state index contributed by atoms with van der Waals surface area (Å²) < 4.78 is 10.6. The number of carbonyl (C=O) groups is 1. The second-order valence-electron chi connectivity index (χ2n) is 6.05. The maximum atomic E-state index is 11.7. The molecule has 0 spiro atoms. The molecule has 3 atom stereocenters. The number of nitrogens with zero attached hydrogens (tertiary/aromatic N) is 2. The molecule has 1 aliphatic heterocycles. The van der Waals surface area contributed by atoms with Gasteiger partial charge in [0, 0.05) is 12.1 Å². The first-order valence-electron chi connectivity index (χ1n) is 7.79. The molecule has 2 aliphatic rings. The summed E-state index contributed by atoms with van der Waals surface area (Å²) in [5.74, 6) is -0.926. The predicted molar refractivity (Wildman–Crippen MR) is 86.4 cm³/mol. The summed E-state index contributed by atoms with van der Waals surface area (Å²) in [5, 5.41) is 9.57. The van der Waals surface area contributed by atoms with E-state index in [1.165, 1.54) is 25.7 Å². The molecular weight excluding hydrogens is 299 g/mol. The summed E-state index contributed by atoms with van der Waals surface area (Å²) in [4.78, 5) is 11.7. The zero-order valence-corrected chi connectivity index (χ0v) is 13.9. The van der Waals surface area contributed by atoms with Crippen LogP contribution in [0.1, 0.15) is 37.4 Å². The van der Waals surface area contributed by atoms with Crippen molar-refractivity contribution in [3.05, 3.63) is 35.9 Å². The fourth-order valence-corrected chi connectivity index (χ4v) is 5.75. The summed E-state index contributed by atoms with van der Waals surface area (Å²) >= 11 is 0. The summed E-state index contributed by atoms with van der Waals surface area (Å²) in [6, 6.07) is 10.2. The lowest BCUT2D eigenvalue weighted by molar-refractivity contribution is -0.145. The zero-order valence-electron chi connectivity index (χ0n) is 13.1. The maximum absolute atomic E-state index is 11.7. The summed E-state index contributed by atoms with van der Waals surface area (Å²) in [7, 11) is 3.12. The van der Waals surface area contributed by atoms with Gasteiger partial charge < -0.3 is 9.63 Å². The monoisotopic (exact) mass is 322 g/mol. The Morgan fingerprint density at radius 3 is 2.23 bits per heavy atom. The molecule has 1 aromatic carbocycles. The molecular formula is C16H23N2O3P. The van der Waals surface area contributed by atoms with E-state index in [4.69, 9.17) is 4.52 Å². The van der Waals surface area contributed by atoms with Gasteiger partial charge in [-0.05, 0) is 32.5 Å². The van der Waals surface area contributed by atoms with Crippen molar-refractivity contribution in [1.82, 2.24) is 9.34 Å². The lowest BCUT2D eigenvalue weighted by Gasteiger charge is -2.28. The molecule has 0 aromatic heterocycles. The molecule has 0 radical (unpaired) electrons. The van der Waals surface area contributed by atoms with Gasteiger partial charge in [-0.15, -0.1) is 0 Å². The van der Waals surface area contributed by atoms with E-state index >= 15 is 0 Å². The van der Waals surface area contributed by atoms with Crippen LogP contribution in [0.3, 0.4) is 0 Å². The summed E-state index contributed by atoms with van der Waals surface area (Å²) in [6.45, 7) is 0. The first-order valence-corrected chi connectivity index (χ1v) is 8.96. The van der Waals surface area contributed by atoms with Crippen LogP contribution in [0.5, 0.6) is 0 Å². The molecule has 0 amide bonds. The lowest BCUT2D eigenvalue weighted by atomic mass is 9.91. The second kappa shape index (κ2) is 6.63. The van der Waals surface area contributed by atoms with Crippen LogP contribution in [-0.2, 0) is 9.32 Å². The van der Waals surface area contributed by atoms with Crippen molar-refractivity contribution in [2.45, 2.75) is 43.9 Å². The Morgan fingerprint density at radius 2 is 1.73 bits per heavy atom. The average molecular weight is 322 g/mol. The quantitative estimate of drug-likeness (QED) is 0.863. The number of fused-ring (bicyclic) bond motifs is 1. The normalized spacial score (nSPS) is 28.5. The summed E-state index contributed by atoms with van der Waals surface area (Å²) in [5.41, 5.74) is 0.703. The van der Waals surface area contributed by atoms with E-state index in [2.05, 4.69) is 23.4 Å². The van der Waals surface area contributed by atoms with Crippen LogP contribution in [0.2, 0.25) is 0 Å². The van der Waals surface area contributed by atoms with Crippen molar-refractivity contribution in [3.8, 4) is 0 Å². The van der Waals surface area contributed by atoms with Gasteiger partial charge in [-0.3, -0.25) is 0 Å². The van der Waals surface area contributed by atoms with Crippen LogP contribution >= 0.6 is 8.45 Å². The molecule has 0 bridgehead atoms. The maximum Gasteiger partial charge on any atom is 0.337 e. The molecule has 1 saturated carbocycles. The highest BCUT2D eigenvalue weighted by Crippen LogP contribution is 2.57. The smallest absolute Gasteiger partial charge is 0.337 e. The number of hydrogen-bond acceptors (Lipinski definition) is 4. The van der Waals surface area contributed by atoms with Crippen molar-refractivity contribution < 1.29 is 14.4 Å². The van der Waals surface area contributed by atoms with E-state index < -0.39 is 20.5 Å².